The molecule has 0 radical (unpaired) electrons. The number of carbonyl (C=O) groups excluding carboxylic acids is 1. The van der Waals surface area contributed by atoms with E-state index >= 15 is 0 Å². The lowest BCUT2D eigenvalue weighted by Crippen LogP contribution is -2.42. The number of halogens is 2. The molecule has 0 saturated carbocycles. The van der Waals surface area contributed by atoms with Crippen LogP contribution in [-0.2, 0) is 0 Å². The van der Waals surface area contributed by atoms with Crippen LogP contribution in [0, 0.1) is 5.82 Å². The molecule has 1 aliphatic rings. The molecule has 2 aromatic rings. The molecule has 0 bridgehead atoms. The zero-order valence-corrected chi connectivity index (χ0v) is 14.0. The van der Waals surface area contributed by atoms with E-state index in [1.807, 2.05) is 24.3 Å². The monoisotopic (exact) mass is 379 g/mol. The molecule has 0 saturated heterocycles. The van der Waals surface area contributed by atoms with Crippen LogP contribution in [0.5, 0.6) is 11.5 Å². The Bertz CT molecular complexity index is 738. The van der Waals surface area contributed by atoms with Crippen molar-refractivity contribution in [2.24, 2.45) is 0 Å². The SMILES string of the molecule is CN(CC1COc2ccccc2O1)C(=O)c1cc(Br)ccc1F. The van der Waals surface area contributed by atoms with Gasteiger partial charge in [-0.05, 0) is 30.3 Å². The summed E-state index contributed by atoms with van der Waals surface area (Å²) >= 11 is 3.25. The highest BCUT2D eigenvalue weighted by atomic mass is 79.9. The van der Waals surface area contributed by atoms with Crippen LogP contribution in [0.1, 0.15) is 10.4 Å². The fourth-order valence-electron chi connectivity index (χ4n) is 2.41. The van der Waals surface area contributed by atoms with E-state index in [-0.39, 0.29) is 11.7 Å². The summed E-state index contributed by atoms with van der Waals surface area (Å²) in [6.07, 6.45) is -0.297. The van der Waals surface area contributed by atoms with Gasteiger partial charge >= 0.3 is 0 Å². The number of amides is 1. The second-order valence-electron chi connectivity index (χ2n) is 5.31. The molecule has 1 heterocycles. The third-order valence-corrected chi connectivity index (χ3v) is 4.04. The number of hydrogen-bond acceptors (Lipinski definition) is 3. The normalized spacial score (nSPS) is 16.0. The van der Waals surface area contributed by atoms with Gasteiger partial charge in [0.2, 0.25) is 0 Å². The molecule has 6 heteroatoms. The van der Waals surface area contributed by atoms with Crippen LogP contribution >= 0.6 is 15.9 Å². The van der Waals surface area contributed by atoms with Gasteiger partial charge in [-0.15, -0.1) is 0 Å². The highest BCUT2D eigenvalue weighted by Gasteiger charge is 2.25. The van der Waals surface area contributed by atoms with E-state index in [2.05, 4.69) is 15.9 Å². The second kappa shape index (κ2) is 6.58. The van der Waals surface area contributed by atoms with Crippen molar-refractivity contribution in [3.8, 4) is 11.5 Å². The minimum Gasteiger partial charge on any atom is -0.486 e. The highest BCUT2D eigenvalue weighted by Crippen LogP contribution is 2.31. The molecule has 0 N–H and O–H groups in total. The summed E-state index contributed by atoms with van der Waals surface area (Å²) < 4.78 is 25.9. The number of nitrogens with zero attached hydrogens (tertiary/aromatic N) is 1. The molecule has 120 valence electrons. The molecule has 1 atom stereocenters. The van der Waals surface area contributed by atoms with E-state index in [0.29, 0.717) is 29.1 Å². The lowest BCUT2D eigenvalue weighted by atomic mass is 10.2. The number of para-hydroxylation sites is 2. The summed E-state index contributed by atoms with van der Waals surface area (Å²) in [5.41, 5.74) is 0.0269. The summed E-state index contributed by atoms with van der Waals surface area (Å²) in [7, 11) is 1.62. The number of hydrogen-bond donors (Lipinski definition) is 0. The van der Waals surface area contributed by atoms with Gasteiger partial charge in [-0.3, -0.25) is 4.79 Å². The lowest BCUT2D eigenvalue weighted by Gasteiger charge is -2.29. The van der Waals surface area contributed by atoms with Crippen LogP contribution in [0.4, 0.5) is 4.39 Å². The largest absolute Gasteiger partial charge is 0.486 e. The van der Waals surface area contributed by atoms with Crippen molar-refractivity contribution in [1.82, 2.24) is 4.90 Å². The number of carbonyl (C=O) groups is 1. The highest BCUT2D eigenvalue weighted by molar-refractivity contribution is 9.10. The van der Waals surface area contributed by atoms with E-state index in [4.69, 9.17) is 9.47 Å². The van der Waals surface area contributed by atoms with Gasteiger partial charge in [0.1, 0.15) is 12.4 Å². The van der Waals surface area contributed by atoms with E-state index in [9.17, 15) is 9.18 Å². The molecule has 4 nitrogen and oxygen atoms in total. The van der Waals surface area contributed by atoms with Gasteiger partial charge in [0.15, 0.2) is 17.6 Å². The summed E-state index contributed by atoms with van der Waals surface area (Å²) in [4.78, 5) is 13.8. The Morgan fingerprint density at radius 1 is 1.30 bits per heavy atom. The fourth-order valence-corrected chi connectivity index (χ4v) is 2.77. The molecule has 1 unspecified atom stereocenters. The van der Waals surface area contributed by atoms with Gasteiger partial charge in [-0.25, -0.2) is 4.39 Å². The van der Waals surface area contributed by atoms with Crippen molar-refractivity contribution in [3.63, 3.8) is 0 Å². The van der Waals surface area contributed by atoms with Crippen molar-refractivity contribution in [2.45, 2.75) is 6.10 Å². The predicted octanol–water partition coefficient (Wildman–Crippen LogP) is 3.50. The zero-order chi connectivity index (χ0) is 16.4. The van der Waals surface area contributed by atoms with E-state index < -0.39 is 11.7 Å². The van der Waals surface area contributed by atoms with Crippen molar-refractivity contribution in [1.29, 1.82) is 0 Å². The fraction of sp³-hybridized carbons (Fsp3) is 0.235. The summed E-state index contributed by atoms with van der Waals surface area (Å²) in [6, 6.07) is 11.7. The van der Waals surface area contributed by atoms with Crippen molar-refractivity contribution in [3.05, 3.63) is 58.3 Å². The third kappa shape index (κ3) is 3.47. The smallest absolute Gasteiger partial charge is 0.256 e. The van der Waals surface area contributed by atoms with Gasteiger partial charge in [0.05, 0.1) is 12.1 Å². The van der Waals surface area contributed by atoms with Crippen molar-refractivity contribution >= 4 is 21.8 Å². The van der Waals surface area contributed by atoms with Gasteiger partial charge in [-0.2, -0.15) is 0 Å². The summed E-state index contributed by atoms with van der Waals surface area (Å²) in [6.45, 7) is 0.648. The molecular weight excluding hydrogens is 365 g/mol. The molecule has 1 amide bonds. The molecule has 1 aliphatic heterocycles. The van der Waals surface area contributed by atoms with Gasteiger partial charge < -0.3 is 14.4 Å². The Morgan fingerprint density at radius 2 is 2.04 bits per heavy atom. The predicted molar refractivity (Wildman–Crippen MR) is 87.4 cm³/mol. The minimum absolute atomic E-state index is 0.0269. The molecule has 0 aromatic heterocycles. The lowest BCUT2D eigenvalue weighted by molar-refractivity contribution is 0.0518. The number of likely N-dealkylation sites (N-methyl/N-ethyl adjacent to an activating group) is 1. The summed E-state index contributed by atoms with van der Waals surface area (Å²) in [5, 5.41) is 0. The molecule has 0 aliphatic carbocycles. The topological polar surface area (TPSA) is 38.8 Å². The number of rotatable bonds is 3. The number of fused-ring (bicyclic) bond motifs is 1. The van der Waals surface area contributed by atoms with Crippen LogP contribution < -0.4 is 9.47 Å². The number of ether oxygens (including phenoxy) is 2. The molecule has 2 aromatic carbocycles. The average molecular weight is 380 g/mol. The Balaban J connectivity index is 1.69. The Morgan fingerprint density at radius 3 is 2.83 bits per heavy atom. The summed E-state index contributed by atoms with van der Waals surface area (Å²) in [5.74, 6) is 0.400. The standard InChI is InChI=1S/C17H15BrFNO3/c1-20(17(21)13-8-11(18)6-7-14(13)19)9-12-10-22-15-4-2-3-5-16(15)23-12/h2-8,12H,9-10H2,1H3. The molecule has 0 fully saturated rings. The quantitative estimate of drug-likeness (QED) is 0.818. The maximum atomic E-state index is 13.8. The third-order valence-electron chi connectivity index (χ3n) is 3.55. The Labute approximate surface area is 141 Å². The molecule has 0 spiro atoms. The van der Waals surface area contributed by atoms with Crippen LogP contribution in [0.25, 0.3) is 0 Å². The second-order valence-corrected chi connectivity index (χ2v) is 6.22. The van der Waals surface area contributed by atoms with Crippen molar-refractivity contribution in [2.75, 3.05) is 20.2 Å². The van der Waals surface area contributed by atoms with E-state index in [0.717, 1.165) is 0 Å². The first-order chi connectivity index (χ1) is 11.0. The van der Waals surface area contributed by atoms with Gasteiger partial charge in [0, 0.05) is 11.5 Å². The molecular formula is C17H15BrFNO3. The molecule has 23 heavy (non-hydrogen) atoms. The van der Waals surface area contributed by atoms with Crippen LogP contribution in [0.15, 0.2) is 46.9 Å². The minimum atomic E-state index is -0.545. The molecule has 3 rings (SSSR count). The zero-order valence-electron chi connectivity index (χ0n) is 12.5. The maximum absolute atomic E-state index is 13.8. The first-order valence-corrected chi connectivity index (χ1v) is 7.93. The van der Waals surface area contributed by atoms with Crippen molar-refractivity contribution < 1.29 is 18.7 Å². The van der Waals surface area contributed by atoms with E-state index in [1.165, 1.54) is 17.0 Å². The Hall–Kier alpha value is -2.08. The first-order valence-electron chi connectivity index (χ1n) is 7.13. The van der Waals surface area contributed by atoms with Crippen LogP contribution in [0.3, 0.4) is 0 Å². The van der Waals surface area contributed by atoms with Gasteiger partial charge in [-0.1, -0.05) is 28.1 Å². The average Bonchev–Trinajstić information content (AvgIpc) is 2.56. The van der Waals surface area contributed by atoms with E-state index in [1.54, 1.807) is 13.1 Å². The Kier molecular flexibility index (Phi) is 4.52. The van der Waals surface area contributed by atoms with Gasteiger partial charge in [0.25, 0.3) is 5.91 Å². The first kappa shape index (κ1) is 15.8. The van der Waals surface area contributed by atoms with Crippen LogP contribution in [0.2, 0.25) is 0 Å². The van der Waals surface area contributed by atoms with Crippen LogP contribution in [-0.4, -0.2) is 37.1 Å². The number of benzene rings is 2. The maximum Gasteiger partial charge on any atom is 0.256 e.